The number of aliphatic hydroxyl groups is 1. The van der Waals surface area contributed by atoms with E-state index in [4.69, 9.17) is 22.1 Å². The van der Waals surface area contributed by atoms with E-state index in [-0.39, 0.29) is 5.84 Å². The second-order valence-electron chi connectivity index (χ2n) is 6.58. The van der Waals surface area contributed by atoms with Crippen LogP contribution in [0.5, 0.6) is 5.75 Å². The van der Waals surface area contributed by atoms with Gasteiger partial charge in [0, 0.05) is 16.1 Å². The minimum atomic E-state index is -1.55. The number of nitrogens with zero attached hydrogens (tertiary/aromatic N) is 1. The Morgan fingerprint density at radius 1 is 1.13 bits per heavy atom. The van der Waals surface area contributed by atoms with Crippen molar-refractivity contribution in [3.63, 3.8) is 0 Å². The van der Waals surface area contributed by atoms with Crippen LogP contribution in [-0.4, -0.2) is 16.5 Å². The Balaban J connectivity index is 2.20. The largest absolute Gasteiger partial charge is 0.488 e. The second kappa shape index (κ2) is 5.25. The first-order valence-corrected chi connectivity index (χ1v) is 7.75. The van der Waals surface area contributed by atoms with Gasteiger partial charge in [0.2, 0.25) is 0 Å². The highest BCUT2D eigenvalue weighted by molar-refractivity contribution is 6.30. The number of hydrogen-bond donors (Lipinski definition) is 2. The maximum atomic E-state index is 11.4. The zero-order valence-corrected chi connectivity index (χ0v) is 14.1. The highest BCUT2D eigenvalue weighted by Gasteiger charge is 2.44. The highest BCUT2D eigenvalue weighted by Crippen LogP contribution is 2.45. The van der Waals surface area contributed by atoms with Gasteiger partial charge >= 0.3 is 0 Å². The first-order chi connectivity index (χ1) is 10.7. The Labute approximate surface area is 140 Å². The Morgan fingerprint density at radius 2 is 1.83 bits per heavy atom. The lowest BCUT2D eigenvalue weighted by Crippen LogP contribution is -2.40. The molecule has 0 radical (unpaired) electrons. The van der Waals surface area contributed by atoms with Crippen LogP contribution in [-0.2, 0) is 5.60 Å². The Bertz CT molecular complexity index is 796. The Kier molecular flexibility index (Phi) is 3.62. The molecule has 3 N–H and O–H groups in total. The van der Waals surface area contributed by atoms with Crippen LogP contribution in [0.25, 0.3) is 0 Å². The SMILES string of the molecule is CC(C)(C)Oc1ccccc1C1(O)C(N)=Nc2ccc(Cl)cc21. The van der Waals surface area contributed by atoms with Crippen LogP contribution in [0.15, 0.2) is 47.5 Å². The number of benzene rings is 2. The van der Waals surface area contributed by atoms with E-state index in [0.717, 1.165) is 0 Å². The summed E-state index contributed by atoms with van der Waals surface area (Å²) in [6.07, 6.45) is 0. The third kappa shape index (κ3) is 2.69. The highest BCUT2D eigenvalue weighted by atomic mass is 35.5. The summed E-state index contributed by atoms with van der Waals surface area (Å²) in [5.74, 6) is 0.674. The molecule has 0 saturated heterocycles. The number of nitrogens with two attached hydrogens (primary N) is 1. The summed E-state index contributed by atoms with van der Waals surface area (Å²) in [6, 6.07) is 12.5. The molecule has 0 fully saturated rings. The number of amidine groups is 1. The smallest absolute Gasteiger partial charge is 0.178 e. The van der Waals surface area contributed by atoms with Crippen LogP contribution < -0.4 is 10.5 Å². The average molecular weight is 331 g/mol. The molecule has 120 valence electrons. The fourth-order valence-electron chi connectivity index (χ4n) is 2.71. The van der Waals surface area contributed by atoms with Crippen LogP contribution in [0, 0.1) is 0 Å². The molecule has 0 amide bonds. The minimum absolute atomic E-state index is 0.111. The van der Waals surface area contributed by atoms with Crippen molar-refractivity contribution < 1.29 is 9.84 Å². The molecule has 3 rings (SSSR count). The summed E-state index contributed by atoms with van der Waals surface area (Å²) in [5, 5.41) is 11.9. The molecule has 0 saturated carbocycles. The summed E-state index contributed by atoms with van der Waals surface area (Å²) < 4.78 is 6.00. The van der Waals surface area contributed by atoms with Crippen molar-refractivity contribution in [1.82, 2.24) is 0 Å². The van der Waals surface area contributed by atoms with Crippen LogP contribution in [0.4, 0.5) is 5.69 Å². The first-order valence-electron chi connectivity index (χ1n) is 7.37. The van der Waals surface area contributed by atoms with E-state index in [1.807, 2.05) is 39.0 Å². The van der Waals surface area contributed by atoms with Gasteiger partial charge in [0.1, 0.15) is 17.2 Å². The zero-order valence-electron chi connectivity index (χ0n) is 13.3. The molecule has 4 nitrogen and oxygen atoms in total. The van der Waals surface area contributed by atoms with Crippen molar-refractivity contribution in [1.29, 1.82) is 0 Å². The van der Waals surface area contributed by atoms with Gasteiger partial charge in [-0.2, -0.15) is 0 Å². The van der Waals surface area contributed by atoms with Crippen LogP contribution >= 0.6 is 11.6 Å². The number of aliphatic imine (C=N–C) groups is 1. The molecular weight excluding hydrogens is 312 g/mol. The summed E-state index contributed by atoms with van der Waals surface area (Å²) in [7, 11) is 0. The van der Waals surface area contributed by atoms with E-state index in [1.54, 1.807) is 24.3 Å². The minimum Gasteiger partial charge on any atom is -0.488 e. The van der Waals surface area contributed by atoms with Gasteiger partial charge in [-0.3, -0.25) is 0 Å². The van der Waals surface area contributed by atoms with Gasteiger partial charge in [-0.25, -0.2) is 4.99 Å². The molecule has 0 aromatic heterocycles. The topological polar surface area (TPSA) is 67.8 Å². The van der Waals surface area contributed by atoms with Gasteiger partial charge in [-0.05, 0) is 45.0 Å². The Hall–Kier alpha value is -2.04. The van der Waals surface area contributed by atoms with E-state index in [1.165, 1.54) is 0 Å². The monoisotopic (exact) mass is 330 g/mol. The second-order valence-corrected chi connectivity index (χ2v) is 7.02. The van der Waals surface area contributed by atoms with E-state index in [2.05, 4.69) is 4.99 Å². The van der Waals surface area contributed by atoms with Gasteiger partial charge in [0.05, 0.1) is 5.69 Å². The molecule has 0 bridgehead atoms. The molecule has 1 atom stereocenters. The molecule has 1 aliphatic heterocycles. The number of hydrogen-bond acceptors (Lipinski definition) is 4. The van der Waals surface area contributed by atoms with Gasteiger partial charge in [0.15, 0.2) is 5.60 Å². The predicted octanol–water partition coefficient (Wildman–Crippen LogP) is 3.76. The third-order valence-electron chi connectivity index (χ3n) is 3.65. The Morgan fingerprint density at radius 3 is 2.52 bits per heavy atom. The average Bonchev–Trinajstić information content (AvgIpc) is 2.71. The third-order valence-corrected chi connectivity index (χ3v) is 3.89. The van der Waals surface area contributed by atoms with Crippen LogP contribution in [0.3, 0.4) is 0 Å². The molecule has 0 spiro atoms. The normalized spacial score (nSPS) is 20.1. The summed E-state index contributed by atoms with van der Waals surface area (Å²) in [4.78, 5) is 4.29. The van der Waals surface area contributed by atoms with E-state index in [0.29, 0.717) is 27.6 Å². The predicted molar refractivity (Wildman–Crippen MR) is 92.6 cm³/mol. The van der Waals surface area contributed by atoms with Crippen molar-refractivity contribution in [2.24, 2.45) is 10.7 Å². The standard InChI is InChI=1S/C18H19ClN2O2/c1-17(2,3)23-15-7-5-4-6-12(15)18(22)13-10-11(19)8-9-14(13)21-16(18)20/h4-10,22H,1-3H3,(H2,20,21). The number of rotatable bonds is 2. The summed E-state index contributed by atoms with van der Waals surface area (Å²) >= 11 is 6.10. The van der Waals surface area contributed by atoms with Crippen LogP contribution in [0.2, 0.25) is 5.02 Å². The molecule has 2 aromatic rings. The fraction of sp³-hybridized carbons (Fsp3) is 0.278. The van der Waals surface area contributed by atoms with Crippen molar-refractivity contribution in [2.45, 2.75) is 32.0 Å². The van der Waals surface area contributed by atoms with Crippen molar-refractivity contribution in [2.75, 3.05) is 0 Å². The molecule has 2 aromatic carbocycles. The summed E-state index contributed by atoms with van der Waals surface area (Å²) in [6.45, 7) is 5.85. The van der Waals surface area contributed by atoms with E-state index >= 15 is 0 Å². The number of fused-ring (bicyclic) bond motifs is 1. The lowest BCUT2D eigenvalue weighted by atomic mass is 9.85. The van der Waals surface area contributed by atoms with Gasteiger partial charge in [-0.15, -0.1) is 0 Å². The lowest BCUT2D eigenvalue weighted by molar-refractivity contribution is 0.112. The number of halogens is 1. The molecular formula is C18H19ClN2O2. The number of ether oxygens (including phenoxy) is 1. The zero-order chi connectivity index (χ0) is 16.8. The summed E-state index contributed by atoms with van der Waals surface area (Å²) in [5.41, 5.74) is 5.84. The molecule has 5 heteroatoms. The lowest BCUT2D eigenvalue weighted by Gasteiger charge is -2.30. The molecule has 1 aliphatic rings. The van der Waals surface area contributed by atoms with E-state index < -0.39 is 11.2 Å². The van der Waals surface area contributed by atoms with Gasteiger partial charge < -0.3 is 15.6 Å². The quantitative estimate of drug-likeness (QED) is 0.881. The molecule has 23 heavy (non-hydrogen) atoms. The first kappa shape index (κ1) is 15.8. The van der Waals surface area contributed by atoms with Crippen LogP contribution in [0.1, 0.15) is 31.9 Å². The van der Waals surface area contributed by atoms with Crippen molar-refractivity contribution in [3.05, 3.63) is 58.6 Å². The van der Waals surface area contributed by atoms with Crippen molar-refractivity contribution >= 4 is 23.1 Å². The van der Waals surface area contributed by atoms with E-state index in [9.17, 15) is 5.11 Å². The maximum absolute atomic E-state index is 11.4. The molecule has 0 aliphatic carbocycles. The van der Waals surface area contributed by atoms with Gasteiger partial charge in [0.25, 0.3) is 0 Å². The van der Waals surface area contributed by atoms with Gasteiger partial charge in [-0.1, -0.05) is 29.8 Å². The molecule has 1 unspecified atom stereocenters. The van der Waals surface area contributed by atoms with Crippen molar-refractivity contribution in [3.8, 4) is 5.75 Å². The maximum Gasteiger partial charge on any atom is 0.178 e. The number of para-hydroxylation sites is 1. The fourth-order valence-corrected chi connectivity index (χ4v) is 2.88. The molecule has 1 heterocycles.